The molecule has 0 bridgehead atoms. The topological polar surface area (TPSA) is 67.0 Å². The Bertz CT molecular complexity index is 844. The number of benzene rings is 1. The Morgan fingerprint density at radius 1 is 1.24 bits per heavy atom. The average Bonchev–Trinajstić information content (AvgIpc) is 2.51. The minimum absolute atomic E-state index is 0.158. The second kappa shape index (κ2) is 5.72. The van der Waals surface area contributed by atoms with E-state index in [0.29, 0.717) is 11.2 Å². The van der Waals surface area contributed by atoms with Crippen LogP contribution in [0.15, 0.2) is 47.5 Å². The van der Waals surface area contributed by atoms with E-state index in [0.717, 1.165) is 20.4 Å². The number of nitrogens with one attached hydrogen (secondary N) is 2. The predicted octanol–water partition coefficient (Wildman–Crippen LogP) is 3.28. The van der Waals surface area contributed by atoms with Crippen molar-refractivity contribution >= 4 is 44.9 Å². The van der Waals surface area contributed by atoms with Crippen LogP contribution < -0.4 is 15.6 Å². The van der Waals surface area contributed by atoms with Crippen LogP contribution in [-0.4, -0.2) is 17.1 Å². The van der Waals surface area contributed by atoms with Crippen molar-refractivity contribution in [3.05, 3.63) is 56.6 Å². The smallest absolute Gasteiger partial charge is 0.259 e. The lowest BCUT2D eigenvalue weighted by molar-refractivity contribution is 0.415. The van der Waals surface area contributed by atoms with Crippen molar-refractivity contribution in [1.29, 1.82) is 0 Å². The Balaban J connectivity index is 2.08. The fraction of sp³-hybridized carbons (Fsp3) is 0.0667. The van der Waals surface area contributed by atoms with E-state index in [9.17, 15) is 4.79 Å². The number of aromatic amines is 1. The molecule has 0 unspecified atom stereocenters. The zero-order valence-corrected chi connectivity index (χ0v) is 13.3. The van der Waals surface area contributed by atoms with Crippen LogP contribution in [0.1, 0.15) is 0 Å². The number of nitrogens with zero attached hydrogens (tertiary/aromatic N) is 1. The molecule has 0 spiro atoms. The average molecular weight is 393 g/mol. The number of ether oxygens (including phenoxy) is 1. The first-order chi connectivity index (χ1) is 10.2. The molecule has 0 amide bonds. The molecule has 3 aromatic rings. The standard InChI is InChI=1S/C15H12IN3O2/c1-21-10-4-2-9(3-5-10)19-14-13-11(12(16)8-18-14)6-7-17-15(13)20/h2-8H,1H3,(H,17,20)(H,18,19). The minimum Gasteiger partial charge on any atom is -0.497 e. The van der Waals surface area contributed by atoms with Gasteiger partial charge in [0.2, 0.25) is 0 Å². The van der Waals surface area contributed by atoms with E-state index in [4.69, 9.17) is 4.74 Å². The van der Waals surface area contributed by atoms with Crippen molar-refractivity contribution in [2.75, 3.05) is 12.4 Å². The summed E-state index contributed by atoms with van der Waals surface area (Å²) in [6.07, 6.45) is 3.39. The van der Waals surface area contributed by atoms with Gasteiger partial charge in [0.25, 0.3) is 5.56 Å². The molecule has 1 aromatic carbocycles. The summed E-state index contributed by atoms with van der Waals surface area (Å²) < 4.78 is 6.06. The van der Waals surface area contributed by atoms with Gasteiger partial charge in [0, 0.05) is 27.0 Å². The molecular formula is C15H12IN3O2. The Morgan fingerprint density at radius 2 is 2.00 bits per heavy atom. The molecule has 0 radical (unpaired) electrons. The van der Waals surface area contributed by atoms with Gasteiger partial charge < -0.3 is 15.0 Å². The van der Waals surface area contributed by atoms with Crippen LogP contribution in [0.3, 0.4) is 0 Å². The second-order valence-electron chi connectivity index (χ2n) is 4.40. The van der Waals surface area contributed by atoms with Gasteiger partial charge in [0.05, 0.1) is 12.5 Å². The van der Waals surface area contributed by atoms with E-state index in [-0.39, 0.29) is 5.56 Å². The van der Waals surface area contributed by atoms with E-state index in [1.54, 1.807) is 19.5 Å². The molecule has 2 N–H and O–H groups in total. The fourth-order valence-corrected chi connectivity index (χ4v) is 2.66. The summed E-state index contributed by atoms with van der Waals surface area (Å²) in [5.74, 6) is 1.32. The number of fused-ring (bicyclic) bond motifs is 1. The lowest BCUT2D eigenvalue weighted by atomic mass is 10.2. The van der Waals surface area contributed by atoms with Crippen molar-refractivity contribution in [1.82, 2.24) is 9.97 Å². The Kier molecular flexibility index (Phi) is 3.78. The zero-order chi connectivity index (χ0) is 14.8. The number of methoxy groups -OCH3 is 1. The van der Waals surface area contributed by atoms with Crippen molar-refractivity contribution in [3.8, 4) is 5.75 Å². The highest BCUT2D eigenvalue weighted by Gasteiger charge is 2.09. The normalized spacial score (nSPS) is 10.6. The van der Waals surface area contributed by atoms with Gasteiger partial charge in [-0.15, -0.1) is 0 Å². The van der Waals surface area contributed by atoms with Gasteiger partial charge in [-0.2, -0.15) is 0 Å². The highest BCUT2D eigenvalue weighted by molar-refractivity contribution is 14.1. The Morgan fingerprint density at radius 3 is 2.71 bits per heavy atom. The third-order valence-electron chi connectivity index (χ3n) is 3.11. The van der Waals surface area contributed by atoms with Crippen LogP contribution in [0, 0.1) is 3.57 Å². The third kappa shape index (κ3) is 2.71. The maximum Gasteiger partial charge on any atom is 0.259 e. The predicted molar refractivity (Wildman–Crippen MR) is 91.4 cm³/mol. The summed E-state index contributed by atoms with van der Waals surface area (Å²) in [4.78, 5) is 19.1. The fourth-order valence-electron chi connectivity index (χ4n) is 2.07. The quantitative estimate of drug-likeness (QED) is 0.671. The zero-order valence-electron chi connectivity index (χ0n) is 11.2. The van der Waals surface area contributed by atoms with Crippen LogP contribution >= 0.6 is 22.6 Å². The van der Waals surface area contributed by atoms with Crippen molar-refractivity contribution in [2.45, 2.75) is 0 Å². The first-order valence-electron chi connectivity index (χ1n) is 6.26. The number of pyridine rings is 2. The summed E-state index contributed by atoms with van der Waals surface area (Å²) in [7, 11) is 1.62. The SMILES string of the molecule is COc1ccc(Nc2ncc(I)c3cc[nH]c(=O)c23)cc1. The van der Waals surface area contributed by atoms with E-state index in [2.05, 4.69) is 37.9 Å². The molecular weight excluding hydrogens is 381 g/mol. The number of aromatic nitrogens is 2. The van der Waals surface area contributed by atoms with Gasteiger partial charge in [-0.3, -0.25) is 4.79 Å². The maximum atomic E-state index is 12.1. The van der Waals surface area contributed by atoms with Crippen LogP contribution in [0.2, 0.25) is 0 Å². The molecule has 0 atom stereocenters. The first-order valence-corrected chi connectivity index (χ1v) is 7.34. The van der Waals surface area contributed by atoms with Crippen molar-refractivity contribution in [3.63, 3.8) is 0 Å². The summed E-state index contributed by atoms with van der Waals surface area (Å²) in [6.45, 7) is 0. The number of hydrogen-bond acceptors (Lipinski definition) is 4. The highest BCUT2D eigenvalue weighted by atomic mass is 127. The maximum absolute atomic E-state index is 12.1. The van der Waals surface area contributed by atoms with E-state index < -0.39 is 0 Å². The largest absolute Gasteiger partial charge is 0.497 e. The van der Waals surface area contributed by atoms with E-state index in [1.807, 2.05) is 30.3 Å². The lowest BCUT2D eigenvalue weighted by Crippen LogP contribution is -2.09. The molecule has 0 saturated heterocycles. The molecule has 106 valence electrons. The molecule has 0 fully saturated rings. The van der Waals surface area contributed by atoms with Gasteiger partial charge in [-0.1, -0.05) is 0 Å². The molecule has 3 rings (SSSR count). The second-order valence-corrected chi connectivity index (χ2v) is 5.57. The summed E-state index contributed by atoms with van der Waals surface area (Å²) >= 11 is 2.17. The molecule has 2 heterocycles. The number of rotatable bonds is 3. The summed E-state index contributed by atoms with van der Waals surface area (Å²) in [5, 5.41) is 4.61. The number of hydrogen-bond donors (Lipinski definition) is 2. The molecule has 21 heavy (non-hydrogen) atoms. The Labute approximate surface area is 134 Å². The molecule has 2 aromatic heterocycles. The van der Waals surface area contributed by atoms with E-state index >= 15 is 0 Å². The summed E-state index contributed by atoms with van der Waals surface area (Å²) in [5.41, 5.74) is 0.684. The number of halogens is 1. The van der Waals surface area contributed by atoms with Crippen LogP contribution in [0.25, 0.3) is 10.8 Å². The highest BCUT2D eigenvalue weighted by Crippen LogP contribution is 2.25. The number of H-pyrrole nitrogens is 1. The van der Waals surface area contributed by atoms with Crippen LogP contribution in [-0.2, 0) is 0 Å². The monoisotopic (exact) mass is 393 g/mol. The lowest BCUT2D eigenvalue weighted by Gasteiger charge is -2.09. The Hall–Kier alpha value is -2.09. The number of anilines is 2. The molecule has 6 heteroatoms. The summed E-state index contributed by atoms with van der Waals surface area (Å²) in [6, 6.07) is 9.32. The van der Waals surface area contributed by atoms with E-state index in [1.165, 1.54) is 0 Å². The van der Waals surface area contributed by atoms with Gasteiger partial charge in [0.1, 0.15) is 11.6 Å². The molecule has 0 saturated carbocycles. The molecule has 0 aliphatic rings. The first kappa shape index (κ1) is 13.9. The molecule has 5 nitrogen and oxygen atoms in total. The third-order valence-corrected chi connectivity index (χ3v) is 3.97. The minimum atomic E-state index is -0.158. The van der Waals surface area contributed by atoms with Gasteiger partial charge in [0.15, 0.2) is 0 Å². The van der Waals surface area contributed by atoms with Crippen LogP contribution in [0.4, 0.5) is 11.5 Å². The van der Waals surface area contributed by atoms with Gasteiger partial charge >= 0.3 is 0 Å². The van der Waals surface area contributed by atoms with Gasteiger partial charge in [-0.25, -0.2) is 4.98 Å². The van der Waals surface area contributed by atoms with Gasteiger partial charge in [-0.05, 0) is 52.9 Å². The van der Waals surface area contributed by atoms with Crippen LogP contribution in [0.5, 0.6) is 5.75 Å². The molecule has 0 aliphatic heterocycles. The van der Waals surface area contributed by atoms with Crippen molar-refractivity contribution < 1.29 is 4.74 Å². The molecule has 0 aliphatic carbocycles. The van der Waals surface area contributed by atoms with Crippen molar-refractivity contribution in [2.24, 2.45) is 0 Å².